The van der Waals surface area contributed by atoms with Crippen molar-refractivity contribution >= 4 is 28.0 Å². The second-order valence-corrected chi connectivity index (χ2v) is 12.5. The highest BCUT2D eigenvalue weighted by Gasteiger charge is 2.47. The van der Waals surface area contributed by atoms with E-state index < -0.39 is 0 Å². The lowest BCUT2D eigenvalue weighted by Gasteiger charge is -2.27. The number of nitrogens with zero attached hydrogens (tertiary/aromatic N) is 7. The zero-order valence-corrected chi connectivity index (χ0v) is 25.5. The molecule has 2 N–H and O–H groups in total. The number of methoxy groups -OCH3 is 1. The third-order valence-electron chi connectivity index (χ3n) is 9.93. The number of hydrogen-bond donors (Lipinski definition) is 1. The first-order valence-electron chi connectivity index (χ1n) is 15.9. The van der Waals surface area contributed by atoms with Crippen molar-refractivity contribution in [2.24, 2.45) is 11.7 Å². The molecule has 9 rings (SSSR count). The monoisotopic (exact) mass is 614 g/mol. The molecule has 3 atom stereocenters. The predicted molar refractivity (Wildman–Crippen MR) is 173 cm³/mol. The first-order valence-corrected chi connectivity index (χ1v) is 15.9. The van der Waals surface area contributed by atoms with Gasteiger partial charge >= 0.3 is 0 Å². The molecule has 232 valence electrons. The molecule has 4 aromatic heterocycles. The number of benzene rings is 2. The van der Waals surface area contributed by atoms with Crippen LogP contribution >= 0.6 is 0 Å². The summed E-state index contributed by atoms with van der Waals surface area (Å²) in [6.45, 7) is 2.34. The number of imidazole rings is 1. The summed E-state index contributed by atoms with van der Waals surface area (Å²) in [6.07, 6.45) is 6.58. The van der Waals surface area contributed by atoms with Crippen molar-refractivity contribution < 1.29 is 14.3 Å². The van der Waals surface area contributed by atoms with Gasteiger partial charge in [0.2, 0.25) is 0 Å². The summed E-state index contributed by atoms with van der Waals surface area (Å²) in [5.74, 6) is 2.48. The Morgan fingerprint density at radius 2 is 1.98 bits per heavy atom. The Hall–Kier alpha value is -5.16. The molecule has 2 aliphatic heterocycles. The number of fused-ring (bicyclic) bond motifs is 13. The third-order valence-corrected chi connectivity index (χ3v) is 9.93. The van der Waals surface area contributed by atoms with E-state index in [2.05, 4.69) is 21.3 Å². The van der Waals surface area contributed by atoms with Crippen LogP contribution in [-0.2, 0) is 13.1 Å². The highest BCUT2D eigenvalue weighted by molar-refractivity contribution is 6.00. The van der Waals surface area contributed by atoms with Gasteiger partial charge in [0.1, 0.15) is 28.4 Å². The lowest BCUT2D eigenvalue weighted by atomic mass is 10.1. The van der Waals surface area contributed by atoms with E-state index in [9.17, 15) is 4.79 Å². The fourth-order valence-corrected chi connectivity index (χ4v) is 7.72. The third kappa shape index (κ3) is 4.14. The summed E-state index contributed by atoms with van der Waals surface area (Å²) in [7, 11) is 1.65. The lowest BCUT2D eigenvalue weighted by molar-refractivity contribution is 0.0700. The van der Waals surface area contributed by atoms with Crippen LogP contribution in [-0.4, -0.2) is 72.0 Å². The molecule has 1 saturated carbocycles. The molecule has 11 nitrogen and oxygen atoms in total. The van der Waals surface area contributed by atoms with Gasteiger partial charge in [-0.1, -0.05) is 12.1 Å². The maximum absolute atomic E-state index is 13.9. The van der Waals surface area contributed by atoms with Gasteiger partial charge in [-0.3, -0.25) is 4.79 Å². The minimum atomic E-state index is -0.0203. The number of nitrogens with two attached hydrogens (primary N) is 1. The molecule has 1 saturated heterocycles. The van der Waals surface area contributed by atoms with Gasteiger partial charge in [-0.2, -0.15) is 5.10 Å². The minimum Gasteiger partial charge on any atom is -0.494 e. The van der Waals surface area contributed by atoms with Crippen molar-refractivity contribution in [3.63, 3.8) is 0 Å². The topological polar surface area (TPSA) is 118 Å². The molecule has 2 unspecified atom stereocenters. The Morgan fingerprint density at radius 1 is 1.07 bits per heavy atom. The molecule has 2 aromatic carbocycles. The highest BCUT2D eigenvalue weighted by atomic mass is 16.5. The molecule has 0 radical (unpaired) electrons. The number of hydrogen-bond acceptors (Lipinski definition) is 7. The van der Waals surface area contributed by atoms with Gasteiger partial charge in [0, 0.05) is 48.5 Å². The highest BCUT2D eigenvalue weighted by Crippen LogP contribution is 2.40. The predicted octanol–water partition coefficient (Wildman–Crippen LogP) is 4.64. The number of amides is 1. The molecular weight excluding hydrogens is 580 g/mol. The van der Waals surface area contributed by atoms with E-state index in [1.165, 1.54) is 0 Å². The Labute approximate surface area is 265 Å². The van der Waals surface area contributed by atoms with Crippen LogP contribution in [0, 0.1) is 5.92 Å². The summed E-state index contributed by atoms with van der Waals surface area (Å²) < 4.78 is 18.5. The summed E-state index contributed by atoms with van der Waals surface area (Å²) in [4.78, 5) is 25.9. The van der Waals surface area contributed by atoms with Gasteiger partial charge < -0.3 is 29.2 Å². The standard InChI is InChI=1S/C35H34N8O3/c1-45-30-18-23(35(44)41-19-22-9-10-27(41)31(22)36)16-25-32(30)42-20-24-11-14-43(39-24)26-7-2-3-8-29(26)46-15-5-13-40-28(34(42)38-25)17-21-6-4-12-37-33(21)40/h2-4,6-8,11-12,14,16-18,22,27,31H,5,9-10,13,15,19-20,36H2,1H3/t22?,27?,31-/m1/s1. The fraction of sp³-hybridized carbons (Fsp3) is 0.314. The van der Waals surface area contributed by atoms with Crippen LogP contribution in [0.1, 0.15) is 35.3 Å². The number of rotatable bonds is 2. The van der Waals surface area contributed by atoms with Crippen molar-refractivity contribution in [2.75, 3.05) is 20.3 Å². The van der Waals surface area contributed by atoms with Crippen LogP contribution in [0.2, 0.25) is 0 Å². The zero-order chi connectivity index (χ0) is 30.9. The number of carbonyl (C=O) groups is 1. The van der Waals surface area contributed by atoms with Crippen molar-refractivity contribution in [3.05, 3.63) is 84.3 Å². The van der Waals surface area contributed by atoms with Crippen molar-refractivity contribution in [1.29, 1.82) is 0 Å². The molecule has 2 fully saturated rings. The summed E-state index contributed by atoms with van der Waals surface area (Å²) in [6, 6.07) is 20.0. The van der Waals surface area contributed by atoms with Gasteiger partial charge in [0.25, 0.3) is 5.91 Å². The van der Waals surface area contributed by atoms with E-state index in [-0.39, 0.29) is 18.0 Å². The number of likely N-dealkylation sites (tertiary alicyclic amines) is 1. The van der Waals surface area contributed by atoms with Gasteiger partial charge in [-0.25, -0.2) is 14.6 Å². The van der Waals surface area contributed by atoms with Crippen LogP contribution in [0.15, 0.2) is 73.1 Å². The molecule has 11 heteroatoms. The summed E-state index contributed by atoms with van der Waals surface area (Å²) in [5.41, 5.74) is 12.1. The van der Waals surface area contributed by atoms with E-state index in [1.807, 2.05) is 70.5 Å². The van der Waals surface area contributed by atoms with Crippen LogP contribution in [0.3, 0.4) is 0 Å². The van der Waals surface area contributed by atoms with Crippen LogP contribution in [0.25, 0.3) is 39.3 Å². The molecule has 6 aromatic rings. The maximum Gasteiger partial charge on any atom is 0.254 e. The minimum absolute atomic E-state index is 0.0203. The van der Waals surface area contributed by atoms with Gasteiger partial charge in [-0.05, 0) is 73.7 Å². The lowest BCUT2D eigenvalue weighted by Crippen LogP contribution is -2.41. The van der Waals surface area contributed by atoms with Crippen molar-refractivity contribution in [3.8, 4) is 28.7 Å². The van der Waals surface area contributed by atoms with Crippen molar-refractivity contribution in [1.82, 2.24) is 33.8 Å². The maximum atomic E-state index is 13.9. The number of para-hydroxylation sites is 2. The number of carbonyl (C=O) groups excluding carboxylic acids is 1. The Morgan fingerprint density at radius 3 is 2.83 bits per heavy atom. The van der Waals surface area contributed by atoms with Gasteiger partial charge in [-0.15, -0.1) is 0 Å². The average Bonchev–Trinajstić information content (AvgIpc) is 3.91. The summed E-state index contributed by atoms with van der Waals surface area (Å²) in [5, 5.41) is 5.99. The molecule has 6 heterocycles. The number of aryl methyl sites for hydroxylation is 1. The van der Waals surface area contributed by atoms with E-state index >= 15 is 0 Å². The number of piperidine rings is 1. The van der Waals surface area contributed by atoms with E-state index in [0.717, 1.165) is 64.5 Å². The zero-order valence-electron chi connectivity index (χ0n) is 25.5. The van der Waals surface area contributed by atoms with Crippen LogP contribution in [0.5, 0.6) is 11.5 Å². The summed E-state index contributed by atoms with van der Waals surface area (Å²) >= 11 is 0. The number of ether oxygens (including phenoxy) is 2. The smallest absolute Gasteiger partial charge is 0.254 e. The molecule has 46 heavy (non-hydrogen) atoms. The number of pyridine rings is 1. The quantitative estimate of drug-likeness (QED) is 0.302. The molecule has 4 bridgehead atoms. The average molecular weight is 615 g/mol. The van der Waals surface area contributed by atoms with Crippen LogP contribution in [0.4, 0.5) is 0 Å². The fourth-order valence-electron chi connectivity index (χ4n) is 7.72. The largest absolute Gasteiger partial charge is 0.494 e. The number of aromatic nitrogens is 6. The first-order chi connectivity index (χ1) is 22.6. The molecule has 1 aliphatic carbocycles. The second-order valence-electron chi connectivity index (χ2n) is 12.5. The molecule has 3 aliphatic rings. The van der Waals surface area contributed by atoms with E-state index in [1.54, 1.807) is 7.11 Å². The molecule has 1 amide bonds. The molecular formula is C35H34N8O3. The SMILES string of the molecule is COc1cc(C(=O)N2CC3CCC2[C@@H]3N)cc2nc3n(c12)Cc1ccn(n1)-c1ccccc1OCCCn1c-3cc2cccnc21. The Bertz CT molecular complexity index is 2140. The normalized spacial score (nSPS) is 20.7. The Kier molecular flexibility index (Phi) is 6.17. The van der Waals surface area contributed by atoms with Gasteiger partial charge in [0.15, 0.2) is 5.82 Å². The molecule has 0 spiro atoms. The van der Waals surface area contributed by atoms with E-state index in [0.29, 0.717) is 49.0 Å². The second kappa shape index (κ2) is 10.4. The van der Waals surface area contributed by atoms with Gasteiger partial charge in [0.05, 0.1) is 37.2 Å². The van der Waals surface area contributed by atoms with Crippen LogP contribution < -0.4 is 15.2 Å². The van der Waals surface area contributed by atoms with E-state index in [4.69, 9.17) is 30.3 Å². The Balaban J connectivity index is 1.24. The first kappa shape index (κ1) is 27.2. The van der Waals surface area contributed by atoms with Crippen molar-refractivity contribution in [2.45, 2.75) is 44.4 Å².